The van der Waals surface area contributed by atoms with Gasteiger partial charge >= 0.3 is 0 Å². The van der Waals surface area contributed by atoms with E-state index in [1.54, 1.807) is 30.3 Å². The van der Waals surface area contributed by atoms with E-state index < -0.39 is 0 Å². The molecule has 1 heterocycles. The minimum atomic E-state index is -0.361. The van der Waals surface area contributed by atoms with Crippen LogP contribution in [0.25, 0.3) is 6.08 Å². The molecule has 4 rings (SSSR count). The molecule has 0 atom stereocenters. The third-order valence-electron chi connectivity index (χ3n) is 4.90. The normalized spacial score (nSPS) is 14.8. The Bertz CT molecular complexity index is 1220. The molecule has 0 aromatic heterocycles. The third-order valence-corrected chi connectivity index (χ3v) is 6.09. The van der Waals surface area contributed by atoms with Crippen LogP contribution in [-0.4, -0.2) is 23.2 Å². The van der Waals surface area contributed by atoms with Gasteiger partial charge in [-0.05, 0) is 58.8 Å². The van der Waals surface area contributed by atoms with Crippen LogP contribution in [-0.2, 0) is 17.9 Å². The van der Waals surface area contributed by atoms with Crippen molar-refractivity contribution in [2.24, 2.45) is 0 Å². The number of hydrogen-bond acceptors (Lipinski definition) is 5. The fraction of sp³-hybridized carbons (Fsp3) is 0.120. The smallest absolute Gasteiger partial charge is 0.293 e. The first kappa shape index (κ1) is 22.9. The summed E-state index contributed by atoms with van der Waals surface area (Å²) in [5.41, 5.74) is 2.23. The Kier molecular flexibility index (Phi) is 7.01. The molecule has 0 radical (unpaired) electrons. The van der Waals surface area contributed by atoms with Crippen molar-refractivity contribution in [3.8, 4) is 11.5 Å². The van der Waals surface area contributed by atoms with Crippen molar-refractivity contribution in [2.45, 2.75) is 13.2 Å². The van der Waals surface area contributed by atoms with Gasteiger partial charge in [0.2, 0.25) is 0 Å². The lowest BCUT2D eigenvalue weighted by Crippen LogP contribution is -2.27. The van der Waals surface area contributed by atoms with Crippen molar-refractivity contribution < 1.29 is 23.5 Å². The van der Waals surface area contributed by atoms with Crippen molar-refractivity contribution in [1.82, 2.24) is 4.90 Å². The fourth-order valence-corrected chi connectivity index (χ4v) is 4.36. The van der Waals surface area contributed by atoms with E-state index in [2.05, 4.69) is 0 Å². The summed E-state index contributed by atoms with van der Waals surface area (Å²) in [6.45, 7) is 0.386. The van der Waals surface area contributed by atoms with Gasteiger partial charge in [0.1, 0.15) is 12.4 Å². The van der Waals surface area contributed by atoms with Gasteiger partial charge in [0.15, 0.2) is 11.5 Å². The second kappa shape index (κ2) is 10.1. The van der Waals surface area contributed by atoms with Gasteiger partial charge in [-0.15, -0.1) is 0 Å². The van der Waals surface area contributed by atoms with Crippen molar-refractivity contribution in [3.63, 3.8) is 0 Å². The molecule has 1 aliphatic heterocycles. The summed E-state index contributed by atoms with van der Waals surface area (Å²) in [4.78, 5) is 26.7. The third kappa shape index (κ3) is 5.38. The van der Waals surface area contributed by atoms with E-state index >= 15 is 0 Å². The summed E-state index contributed by atoms with van der Waals surface area (Å²) in [7, 11) is 1.48. The molecule has 33 heavy (non-hydrogen) atoms. The molecule has 0 unspecified atom stereocenters. The maximum Gasteiger partial charge on any atom is 0.293 e. The Labute approximate surface area is 199 Å². The molecule has 0 saturated carbocycles. The molecule has 0 spiro atoms. The lowest BCUT2D eigenvalue weighted by Gasteiger charge is -2.14. The van der Waals surface area contributed by atoms with Crippen LogP contribution in [0, 0.1) is 5.82 Å². The molecule has 1 saturated heterocycles. The molecular formula is C25H19ClFNO4S. The first-order valence-corrected chi connectivity index (χ1v) is 11.2. The number of ether oxygens (including phenoxy) is 2. The van der Waals surface area contributed by atoms with Crippen LogP contribution < -0.4 is 9.47 Å². The number of hydrogen-bond donors (Lipinski definition) is 0. The van der Waals surface area contributed by atoms with Crippen LogP contribution in [0.1, 0.15) is 16.7 Å². The molecule has 168 valence electrons. The highest BCUT2D eigenvalue weighted by Crippen LogP contribution is 2.39. The first-order valence-electron chi connectivity index (χ1n) is 9.98. The number of nitrogens with zero attached hydrogens (tertiary/aromatic N) is 1. The molecule has 0 N–H and O–H groups in total. The van der Waals surface area contributed by atoms with Gasteiger partial charge in [-0.2, -0.15) is 0 Å². The van der Waals surface area contributed by atoms with Gasteiger partial charge in [-0.3, -0.25) is 14.5 Å². The molecule has 0 aliphatic carbocycles. The summed E-state index contributed by atoms with van der Waals surface area (Å²) < 4.78 is 24.3. The van der Waals surface area contributed by atoms with Crippen molar-refractivity contribution in [3.05, 3.63) is 99.2 Å². The first-order chi connectivity index (χ1) is 15.9. The van der Waals surface area contributed by atoms with Gasteiger partial charge in [0.05, 0.1) is 23.6 Å². The second-order valence-corrected chi connectivity index (χ2v) is 8.60. The summed E-state index contributed by atoms with van der Waals surface area (Å²) in [6.07, 6.45) is 1.61. The topological polar surface area (TPSA) is 55.8 Å². The minimum Gasteiger partial charge on any atom is -0.493 e. The van der Waals surface area contributed by atoms with Crippen LogP contribution in [0.15, 0.2) is 71.6 Å². The van der Waals surface area contributed by atoms with Crippen molar-refractivity contribution in [1.29, 1.82) is 0 Å². The van der Waals surface area contributed by atoms with Gasteiger partial charge < -0.3 is 9.47 Å². The van der Waals surface area contributed by atoms with Gasteiger partial charge in [-0.25, -0.2) is 4.39 Å². The van der Waals surface area contributed by atoms with E-state index in [4.69, 9.17) is 21.1 Å². The molecule has 8 heteroatoms. The van der Waals surface area contributed by atoms with Gasteiger partial charge in [0.25, 0.3) is 11.1 Å². The molecular weight excluding hydrogens is 465 g/mol. The predicted octanol–water partition coefficient (Wildman–Crippen LogP) is 6.30. The van der Waals surface area contributed by atoms with E-state index in [0.717, 1.165) is 22.9 Å². The zero-order valence-corrected chi connectivity index (χ0v) is 19.2. The zero-order valence-electron chi connectivity index (χ0n) is 17.6. The lowest BCUT2D eigenvalue weighted by molar-refractivity contribution is -0.123. The number of carbonyl (C=O) groups is 2. The highest BCUT2D eigenvalue weighted by molar-refractivity contribution is 8.18. The number of methoxy groups -OCH3 is 1. The maximum atomic E-state index is 13.1. The number of thioether (sulfide) groups is 1. The van der Waals surface area contributed by atoms with Crippen LogP contribution in [0.4, 0.5) is 9.18 Å². The van der Waals surface area contributed by atoms with E-state index in [1.165, 1.54) is 24.1 Å². The fourth-order valence-electron chi connectivity index (χ4n) is 3.25. The quantitative estimate of drug-likeness (QED) is 0.369. The maximum absolute atomic E-state index is 13.1. The molecule has 3 aromatic carbocycles. The van der Waals surface area contributed by atoms with E-state index in [0.29, 0.717) is 22.0 Å². The molecule has 5 nitrogen and oxygen atoms in total. The van der Waals surface area contributed by atoms with Gasteiger partial charge in [-0.1, -0.05) is 54.1 Å². The minimum absolute atomic E-state index is 0.175. The number of benzene rings is 3. The van der Waals surface area contributed by atoms with E-state index in [9.17, 15) is 14.0 Å². The Morgan fingerprint density at radius 1 is 1.03 bits per heavy atom. The second-order valence-electron chi connectivity index (χ2n) is 7.20. The van der Waals surface area contributed by atoms with Crippen LogP contribution in [0.5, 0.6) is 11.5 Å². The molecule has 2 amide bonds. The van der Waals surface area contributed by atoms with Crippen molar-refractivity contribution in [2.75, 3.05) is 7.11 Å². The highest BCUT2D eigenvalue weighted by Gasteiger charge is 2.35. The van der Waals surface area contributed by atoms with Crippen LogP contribution in [0.3, 0.4) is 0 Å². The SMILES string of the molecule is COc1cc(/C=C2\SC(=O)N(Cc3ccccc3)C2=O)cc(Cl)c1OCc1ccc(F)cc1. The van der Waals surface area contributed by atoms with Gasteiger partial charge in [0, 0.05) is 0 Å². The largest absolute Gasteiger partial charge is 0.493 e. The number of halogens is 2. The highest BCUT2D eigenvalue weighted by atomic mass is 35.5. The Balaban J connectivity index is 1.53. The summed E-state index contributed by atoms with van der Waals surface area (Å²) in [5, 5.41) is -0.0429. The van der Waals surface area contributed by atoms with Crippen LogP contribution >= 0.6 is 23.4 Å². The van der Waals surface area contributed by atoms with Crippen molar-refractivity contribution >= 4 is 40.6 Å². The Hall–Kier alpha value is -3.29. The van der Waals surface area contributed by atoms with Crippen LogP contribution in [0.2, 0.25) is 5.02 Å². The van der Waals surface area contributed by atoms with E-state index in [1.807, 2.05) is 30.3 Å². The zero-order chi connectivity index (χ0) is 23.4. The molecule has 1 fully saturated rings. The molecule has 3 aromatic rings. The monoisotopic (exact) mass is 483 g/mol. The Morgan fingerprint density at radius 2 is 1.76 bits per heavy atom. The average molecular weight is 484 g/mol. The summed E-state index contributed by atoms with van der Waals surface area (Å²) in [5.74, 6) is 0.0182. The number of amides is 2. The molecule has 0 bridgehead atoms. The van der Waals surface area contributed by atoms with E-state index in [-0.39, 0.29) is 35.1 Å². The number of imide groups is 1. The number of rotatable bonds is 7. The summed E-state index contributed by atoms with van der Waals surface area (Å²) >= 11 is 7.31. The molecule has 1 aliphatic rings. The number of carbonyl (C=O) groups excluding carboxylic acids is 2. The Morgan fingerprint density at radius 3 is 2.45 bits per heavy atom. The lowest BCUT2D eigenvalue weighted by atomic mass is 10.1. The average Bonchev–Trinajstić information content (AvgIpc) is 3.07. The standard InChI is InChI=1S/C25H19ClFNO4S/c1-31-21-12-18(11-20(26)23(21)32-15-17-7-9-19(27)10-8-17)13-22-24(29)28(25(30)33-22)14-16-5-3-2-4-6-16/h2-13H,14-15H2,1H3/b22-13-. The predicted molar refractivity (Wildman–Crippen MR) is 127 cm³/mol. The summed E-state index contributed by atoms with van der Waals surface area (Å²) in [6, 6.07) is 18.6.